The number of carbonyl (C=O) groups is 2. The minimum absolute atomic E-state index is 0.0100. The number of rotatable bonds is 6. The highest BCUT2D eigenvalue weighted by Crippen LogP contribution is 2.22. The summed E-state index contributed by atoms with van der Waals surface area (Å²) in [6.45, 7) is 3.20. The number of non-ortho nitro benzene ring substituents is 1. The SMILES string of the molecule is Cc1cc([N+](=O)[O-])ccc1NC(=O)CN1CCC(C(=O)Nc2ccc(Br)cn2)CC1. The maximum absolute atomic E-state index is 12.4. The van der Waals surface area contributed by atoms with Crippen molar-refractivity contribution in [1.82, 2.24) is 9.88 Å². The summed E-state index contributed by atoms with van der Waals surface area (Å²) in [5, 5.41) is 16.4. The molecule has 1 aromatic heterocycles. The van der Waals surface area contributed by atoms with Gasteiger partial charge in [0.15, 0.2) is 0 Å². The van der Waals surface area contributed by atoms with Gasteiger partial charge in [0, 0.05) is 34.4 Å². The Morgan fingerprint density at radius 2 is 1.97 bits per heavy atom. The molecule has 0 bridgehead atoms. The number of carbonyl (C=O) groups excluding carboxylic acids is 2. The Morgan fingerprint density at radius 3 is 2.57 bits per heavy atom. The number of amides is 2. The second-order valence-corrected chi connectivity index (χ2v) is 8.12. The van der Waals surface area contributed by atoms with E-state index in [-0.39, 0.29) is 30.0 Å². The summed E-state index contributed by atoms with van der Waals surface area (Å²) in [4.78, 5) is 41.3. The first-order valence-electron chi connectivity index (χ1n) is 9.51. The zero-order valence-electron chi connectivity index (χ0n) is 16.4. The van der Waals surface area contributed by atoms with Crippen LogP contribution in [0.15, 0.2) is 41.0 Å². The molecule has 0 spiro atoms. The number of nitrogens with zero attached hydrogens (tertiary/aromatic N) is 3. The molecule has 9 nitrogen and oxygen atoms in total. The van der Waals surface area contributed by atoms with E-state index in [0.29, 0.717) is 43.0 Å². The molecule has 0 unspecified atom stereocenters. The van der Waals surface area contributed by atoms with Crippen molar-refractivity contribution in [2.75, 3.05) is 30.3 Å². The van der Waals surface area contributed by atoms with Crippen LogP contribution in [0.4, 0.5) is 17.2 Å². The van der Waals surface area contributed by atoms with Crippen molar-refractivity contribution in [2.24, 2.45) is 5.92 Å². The summed E-state index contributed by atoms with van der Waals surface area (Å²) in [5.74, 6) is 0.152. The number of nitro benzene ring substituents is 1. The number of aromatic nitrogens is 1. The van der Waals surface area contributed by atoms with Crippen LogP contribution < -0.4 is 10.6 Å². The Balaban J connectivity index is 1.46. The van der Waals surface area contributed by atoms with E-state index in [1.807, 2.05) is 11.0 Å². The predicted molar refractivity (Wildman–Crippen MR) is 116 cm³/mol. The molecular formula is C20H22BrN5O4. The molecule has 2 N–H and O–H groups in total. The molecule has 0 atom stereocenters. The van der Waals surface area contributed by atoms with Gasteiger partial charge in [-0.2, -0.15) is 0 Å². The van der Waals surface area contributed by atoms with E-state index in [9.17, 15) is 19.7 Å². The number of nitrogens with one attached hydrogen (secondary N) is 2. The summed E-state index contributed by atoms with van der Waals surface area (Å²) in [6, 6.07) is 7.89. The largest absolute Gasteiger partial charge is 0.325 e. The third kappa shape index (κ3) is 5.83. The van der Waals surface area contributed by atoms with Gasteiger partial charge in [0.25, 0.3) is 5.69 Å². The van der Waals surface area contributed by atoms with Gasteiger partial charge in [-0.25, -0.2) is 4.98 Å². The van der Waals surface area contributed by atoms with Gasteiger partial charge in [-0.05, 0) is 72.5 Å². The first-order chi connectivity index (χ1) is 14.3. The zero-order chi connectivity index (χ0) is 21.7. The van der Waals surface area contributed by atoms with Gasteiger partial charge in [-0.3, -0.25) is 24.6 Å². The minimum atomic E-state index is -0.467. The highest BCUT2D eigenvalue weighted by molar-refractivity contribution is 9.10. The molecule has 0 saturated carbocycles. The Hall–Kier alpha value is -2.85. The van der Waals surface area contributed by atoms with Crippen molar-refractivity contribution >= 4 is 44.9 Å². The lowest BCUT2D eigenvalue weighted by atomic mass is 9.96. The van der Waals surface area contributed by atoms with Crippen LogP contribution in [0.3, 0.4) is 0 Å². The van der Waals surface area contributed by atoms with Gasteiger partial charge in [0.1, 0.15) is 5.82 Å². The van der Waals surface area contributed by atoms with Gasteiger partial charge >= 0.3 is 0 Å². The molecule has 158 valence electrons. The van der Waals surface area contributed by atoms with Crippen molar-refractivity contribution in [3.63, 3.8) is 0 Å². The van der Waals surface area contributed by atoms with E-state index in [2.05, 4.69) is 31.5 Å². The summed E-state index contributed by atoms with van der Waals surface area (Å²) < 4.78 is 0.844. The summed E-state index contributed by atoms with van der Waals surface area (Å²) in [5.41, 5.74) is 1.18. The molecule has 2 amide bonds. The van der Waals surface area contributed by atoms with Gasteiger partial charge in [-0.15, -0.1) is 0 Å². The molecule has 3 rings (SSSR count). The number of pyridine rings is 1. The number of benzene rings is 1. The fourth-order valence-corrected chi connectivity index (χ4v) is 3.56. The average molecular weight is 476 g/mol. The minimum Gasteiger partial charge on any atom is -0.325 e. The molecule has 1 aliphatic rings. The Morgan fingerprint density at radius 1 is 1.23 bits per heavy atom. The second-order valence-electron chi connectivity index (χ2n) is 7.21. The monoisotopic (exact) mass is 475 g/mol. The summed E-state index contributed by atoms with van der Waals surface area (Å²) in [7, 11) is 0. The van der Waals surface area contributed by atoms with E-state index in [4.69, 9.17) is 0 Å². The van der Waals surface area contributed by atoms with Crippen LogP contribution in [0.25, 0.3) is 0 Å². The van der Waals surface area contributed by atoms with Crippen LogP contribution in [0.5, 0.6) is 0 Å². The molecule has 0 radical (unpaired) electrons. The normalized spacial score (nSPS) is 14.9. The zero-order valence-corrected chi connectivity index (χ0v) is 18.0. The van der Waals surface area contributed by atoms with Crippen LogP contribution in [0, 0.1) is 23.0 Å². The first kappa shape index (κ1) is 21.8. The fourth-order valence-electron chi connectivity index (χ4n) is 3.33. The standard InChI is InChI=1S/C20H22BrN5O4/c1-13-10-16(26(29)30)3-4-17(13)23-19(27)12-25-8-6-14(7-9-25)20(28)24-18-5-2-15(21)11-22-18/h2-5,10-11,14H,6-9,12H2,1H3,(H,23,27)(H,22,24,28). The highest BCUT2D eigenvalue weighted by Gasteiger charge is 2.26. The molecule has 10 heteroatoms. The lowest BCUT2D eigenvalue weighted by molar-refractivity contribution is -0.384. The molecule has 1 fully saturated rings. The second kappa shape index (κ2) is 9.77. The molecule has 1 aromatic carbocycles. The van der Waals surface area contributed by atoms with Crippen LogP contribution >= 0.6 is 15.9 Å². The molecule has 1 aliphatic heterocycles. The maximum Gasteiger partial charge on any atom is 0.269 e. The van der Waals surface area contributed by atoms with Crippen molar-refractivity contribution in [3.8, 4) is 0 Å². The average Bonchev–Trinajstić information content (AvgIpc) is 2.71. The number of hydrogen-bond acceptors (Lipinski definition) is 6. The Kier molecular flexibility index (Phi) is 7.11. The Labute approximate surface area is 182 Å². The fraction of sp³-hybridized carbons (Fsp3) is 0.350. The van der Waals surface area contributed by atoms with Crippen molar-refractivity contribution in [1.29, 1.82) is 0 Å². The Bertz CT molecular complexity index is 943. The third-order valence-corrected chi connectivity index (χ3v) is 5.47. The van der Waals surface area contributed by atoms with Gasteiger partial charge in [0.05, 0.1) is 11.5 Å². The topological polar surface area (TPSA) is 117 Å². The number of nitro groups is 1. The number of hydrogen-bond donors (Lipinski definition) is 2. The number of likely N-dealkylation sites (tertiary alicyclic amines) is 1. The van der Waals surface area contributed by atoms with Crippen LogP contribution in [-0.2, 0) is 9.59 Å². The van der Waals surface area contributed by atoms with Crippen molar-refractivity contribution < 1.29 is 14.5 Å². The van der Waals surface area contributed by atoms with E-state index >= 15 is 0 Å². The number of aryl methyl sites for hydroxylation is 1. The summed E-state index contributed by atoms with van der Waals surface area (Å²) in [6.07, 6.45) is 2.95. The van der Waals surface area contributed by atoms with Crippen LogP contribution in [0.1, 0.15) is 18.4 Å². The van der Waals surface area contributed by atoms with Gasteiger partial charge in [0.2, 0.25) is 11.8 Å². The van der Waals surface area contributed by atoms with Crippen LogP contribution in [0.2, 0.25) is 0 Å². The predicted octanol–water partition coefficient (Wildman–Crippen LogP) is 3.35. The summed E-state index contributed by atoms with van der Waals surface area (Å²) >= 11 is 3.31. The lowest BCUT2D eigenvalue weighted by Crippen LogP contribution is -2.41. The third-order valence-electron chi connectivity index (χ3n) is 5.00. The quantitative estimate of drug-likeness (QED) is 0.488. The van der Waals surface area contributed by atoms with E-state index in [1.165, 1.54) is 18.2 Å². The molecule has 2 heterocycles. The lowest BCUT2D eigenvalue weighted by Gasteiger charge is -2.30. The van der Waals surface area contributed by atoms with Crippen LogP contribution in [-0.4, -0.2) is 46.3 Å². The molecule has 2 aromatic rings. The van der Waals surface area contributed by atoms with Gasteiger partial charge < -0.3 is 10.6 Å². The van der Waals surface area contributed by atoms with E-state index < -0.39 is 4.92 Å². The smallest absolute Gasteiger partial charge is 0.269 e. The number of halogens is 1. The number of piperidine rings is 1. The maximum atomic E-state index is 12.4. The molecule has 0 aliphatic carbocycles. The molecule has 30 heavy (non-hydrogen) atoms. The number of anilines is 2. The van der Waals surface area contributed by atoms with Crippen molar-refractivity contribution in [3.05, 3.63) is 56.7 Å². The molecule has 1 saturated heterocycles. The van der Waals surface area contributed by atoms with E-state index in [1.54, 1.807) is 19.2 Å². The van der Waals surface area contributed by atoms with E-state index in [0.717, 1.165) is 4.47 Å². The van der Waals surface area contributed by atoms with Crippen molar-refractivity contribution in [2.45, 2.75) is 19.8 Å². The molecular weight excluding hydrogens is 454 g/mol. The van der Waals surface area contributed by atoms with Gasteiger partial charge in [-0.1, -0.05) is 0 Å². The first-order valence-corrected chi connectivity index (χ1v) is 10.3. The highest BCUT2D eigenvalue weighted by atomic mass is 79.9.